The van der Waals surface area contributed by atoms with E-state index in [2.05, 4.69) is 0 Å². The second-order valence-electron chi connectivity index (χ2n) is 3.77. The number of halogens is 2. The van der Waals surface area contributed by atoms with Crippen molar-refractivity contribution in [3.8, 4) is 0 Å². The average molecular weight is 229 g/mol. The molecule has 1 fully saturated rings. The fourth-order valence-corrected chi connectivity index (χ4v) is 1.44. The van der Waals surface area contributed by atoms with Crippen molar-refractivity contribution < 1.29 is 18.3 Å². The van der Waals surface area contributed by atoms with Crippen LogP contribution in [0.25, 0.3) is 0 Å². The van der Waals surface area contributed by atoms with Crippen LogP contribution in [0.2, 0.25) is 0 Å². The van der Waals surface area contributed by atoms with Gasteiger partial charge in [-0.15, -0.1) is 0 Å². The Morgan fingerprint density at radius 1 is 1.44 bits per heavy atom. The molecule has 2 rings (SSSR count). The molecular formula is C11H13F2NO2. The van der Waals surface area contributed by atoms with E-state index in [1.54, 1.807) is 0 Å². The molecule has 0 radical (unpaired) electrons. The molecule has 1 saturated heterocycles. The molecule has 0 aromatic heterocycles. The van der Waals surface area contributed by atoms with Crippen molar-refractivity contribution in [2.75, 3.05) is 19.8 Å². The molecule has 3 nitrogen and oxygen atoms in total. The Hall–Kier alpha value is -1.04. The highest BCUT2D eigenvalue weighted by molar-refractivity contribution is 5.21. The van der Waals surface area contributed by atoms with Crippen LogP contribution in [0.3, 0.4) is 0 Å². The second kappa shape index (κ2) is 4.86. The summed E-state index contributed by atoms with van der Waals surface area (Å²) in [5, 5.41) is 0. The van der Waals surface area contributed by atoms with Gasteiger partial charge in [0.2, 0.25) is 0 Å². The third-order valence-corrected chi connectivity index (χ3v) is 2.48. The number of benzene rings is 1. The predicted octanol–water partition coefficient (Wildman–Crippen LogP) is 1.38. The average Bonchev–Trinajstić information content (AvgIpc) is 2.14. The topological polar surface area (TPSA) is 44.5 Å². The summed E-state index contributed by atoms with van der Waals surface area (Å²) in [5.74, 6) is -1.25. The van der Waals surface area contributed by atoms with E-state index in [0.29, 0.717) is 13.2 Å². The van der Waals surface area contributed by atoms with Crippen LogP contribution < -0.4 is 5.73 Å². The van der Waals surface area contributed by atoms with Crippen molar-refractivity contribution in [1.29, 1.82) is 0 Å². The summed E-state index contributed by atoms with van der Waals surface area (Å²) >= 11 is 0. The zero-order valence-electron chi connectivity index (χ0n) is 8.66. The van der Waals surface area contributed by atoms with Crippen LogP contribution in [0.15, 0.2) is 18.2 Å². The minimum atomic E-state index is -0.638. The van der Waals surface area contributed by atoms with Gasteiger partial charge in [0.25, 0.3) is 0 Å². The standard InChI is InChI=1S/C11H13F2NO2/c12-7-1-2-9(10(13)3-7)11(14)6-16-8-4-15-5-8/h1-3,8,11H,4-6,14H2. The molecule has 0 aliphatic carbocycles. The maximum absolute atomic E-state index is 13.3. The van der Waals surface area contributed by atoms with Gasteiger partial charge in [0.1, 0.15) is 17.7 Å². The zero-order chi connectivity index (χ0) is 11.5. The highest BCUT2D eigenvalue weighted by Gasteiger charge is 2.21. The van der Waals surface area contributed by atoms with Crippen molar-refractivity contribution in [1.82, 2.24) is 0 Å². The molecule has 1 atom stereocenters. The smallest absolute Gasteiger partial charge is 0.130 e. The maximum atomic E-state index is 13.3. The normalized spacial score (nSPS) is 18.2. The highest BCUT2D eigenvalue weighted by Crippen LogP contribution is 2.17. The summed E-state index contributed by atoms with van der Waals surface area (Å²) in [4.78, 5) is 0. The lowest BCUT2D eigenvalue weighted by molar-refractivity contribution is -0.132. The van der Waals surface area contributed by atoms with Crippen molar-refractivity contribution in [3.63, 3.8) is 0 Å². The van der Waals surface area contributed by atoms with Crippen molar-refractivity contribution in [2.24, 2.45) is 5.73 Å². The molecule has 2 N–H and O–H groups in total. The molecule has 1 heterocycles. The van der Waals surface area contributed by atoms with Crippen LogP contribution in [0.5, 0.6) is 0 Å². The van der Waals surface area contributed by atoms with Crippen molar-refractivity contribution >= 4 is 0 Å². The summed E-state index contributed by atoms with van der Waals surface area (Å²) in [6, 6.07) is 2.77. The second-order valence-corrected chi connectivity index (χ2v) is 3.77. The fraction of sp³-hybridized carbons (Fsp3) is 0.455. The van der Waals surface area contributed by atoms with E-state index in [1.165, 1.54) is 12.1 Å². The van der Waals surface area contributed by atoms with E-state index < -0.39 is 17.7 Å². The van der Waals surface area contributed by atoms with E-state index in [-0.39, 0.29) is 18.3 Å². The maximum Gasteiger partial charge on any atom is 0.130 e. The largest absolute Gasteiger partial charge is 0.376 e. The molecule has 1 aromatic rings. The minimum Gasteiger partial charge on any atom is -0.376 e. The molecule has 1 aliphatic rings. The molecule has 5 heteroatoms. The fourth-order valence-electron chi connectivity index (χ4n) is 1.44. The van der Waals surface area contributed by atoms with Gasteiger partial charge in [-0.05, 0) is 6.07 Å². The van der Waals surface area contributed by atoms with Gasteiger partial charge in [-0.2, -0.15) is 0 Å². The van der Waals surface area contributed by atoms with E-state index in [9.17, 15) is 8.78 Å². The lowest BCUT2D eigenvalue weighted by atomic mass is 10.1. The molecule has 0 saturated carbocycles. The quantitative estimate of drug-likeness (QED) is 0.848. The molecule has 1 unspecified atom stereocenters. The number of hydrogen-bond donors (Lipinski definition) is 1. The van der Waals surface area contributed by atoms with Crippen LogP contribution in [0.4, 0.5) is 8.78 Å². The van der Waals surface area contributed by atoms with Gasteiger partial charge in [-0.3, -0.25) is 0 Å². The van der Waals surface area contributed by atoms with Crippen LogP contribution in [-0.2, 0) is 9.47 Å². The molecule has 1 aromatic carbocycles. The van der Waals surface area contributed by atoms with Gasteiger partial charge < -0.3 is 15.2 Å². The highest BCUT2D eigenvalue weighted by atomic mass is 19.1. The van der Waals surface area contributed by atoms with E-state index in [0.717, 1.165) is 6.07 Å². The Bertz CT molecular complexity index is 369. The van der Waals surface area contributed by atoms with Crippen LogP contribution >= 0.6 is 0 Å². The molecule has 16 heavy (non-hydrogen) atoms. The zero-order valence-corrected chi connectivity index (χ0v) is 8.66. The lowest BCUT2D eigenvalue weighted by Gasteiger charge is -2.27. The molecule has 1 aliphatic heterocycles. The summed E-state index contributed by atoms with van der Waals surface area (Å²) in [7, 11) is 0. The van der Waals surface area contributed by atoms with Gasteiger partial charge in [0, 0.05) is 11.6 Å². The minimum absolute atomic E-state index is 0.0505. The third-order valence-electron chi connectivity index (χ3n) is 2.48. The Balaban J connectivity index is 1.93. The van der Waals surface area contributed by atoms with E-state index >= 15 is 0 Å². The Morgan fingerprint density at radius 2 is 2.19 bits per heavy atom. The molecular weight excluding hydrogens is 216 g/mol. The lowest BCUT2D eigenvalue weighted by Crippen LogP contribution is -2.37. The van der Waals surface area contributed by atoms with Gasteiger partial charge >= 0.3 is 0 Å². The molecule has 0 bridgehead atoms. The van der Waals surface area contributed by atoms with Gasteiger partial charge in [0.15, 0.2) is 0 Å². The van der Waals surface area contributed by atoms with Gasteiger partial charge in [0.05, 0.1) is 25.9 Å². The predicted molar refractivity (Wildman–Crippen MR) is 53.8 cm³/mol. The summed E-state index contributed by atoms with van der Waals surface area (Å²) < 4.78 is 36.3. The third kappa shape index (κ3) is 2.55. The van der Waals surface area contributed by atoms with E-state index in [4.69, 9.17) is 15.2 Å². The van der Waals surface area contributed by atoms with Crippen LogP contribution in [0, 0.1) is 11.6 Å². The number of rotatable bonds is 4. The number of hydrogen-bond acceptors (Lipinski definition) is 3. The first kappa shape index (κ1) is 11.4. The summed E-state index contributed by atoms with van der Waals surface area (Å²) in [6.45, 7) is 1.31. The Kier molecular flexibility index (Phi) is 3.48. The van der Waals surface area contributed by atoms with Crippen LogP contribution in [0.1, 0.15) is 11.6 Å². The van der Waals surface area contributed by atoms with Crippen molar-refractivity contribution in [3.05, 3.63) is 35.4 Å². The summed E-state index contributed by atoms with van der Waals surface area (Å²) in [6.07, 6.45) is 0.0505. The Labute approximate surface area is 92.1 Å². The monoisotopic (exact) mass is 229 g/mol. The van der Waals surface area contributed by atoms with Crippen molar-refractivity contribution in [2.45, 2.75) is 12.1 Å². The van der Waals surface area contributed by atoms with Gasteiger partial charge in [-0.25, -0.2) is 8.78 Å². The SMILES string of the molecule is NC(COC1COC1)c1ccc(F)cc1F. The first-order chi connectivity index (χ1) is 7.66. The molecule has 0 amide bonds. The molecule has 88 valence electrons. The Morgan fingerprint density at radius 3 is 2.75 bits per heavy atom. The molecule has 0 spiro atoms. The van der Waals surface area contributed by atoms with Crippen LogP contribution in [-0.4, -0.2) is 25.9 Å². The first-order valence-corrected chi connectivity index (χ1v) is 5.06. The summed E-state index contributed by atoms with van der Waals surface area (Å²) in [5.41, 5.74) is 6.01. The van der Waals surface area contributed by atoms with E-state index in [1.807, 2.05) is 0 Å². The number of ether oxygens (including phenoxy) is 2. The number of nitrogens with two attached hydrogens (primary N) is 1. The first-order valence-electron chi connectivity index (χ1n) is 5.06. The van der Waals surface area contributed by atoms with Gasteiger partial charge in [-0.1, -0.05) is 6.07 Å².